The second kappa shape index (κ2) is 8.80. The number of halogens is 2. The summed E-state index contributed by atoms with van der Waals surface area (Å²) >= 11 is 0.775. The molecule has 0 bridgehead atoms. The highest BCUT2D eigenvalue weighted by molar-refractivity contribution is 8.15. The van der Waals surface area contributed by atoms with Crippen molar-refractivity contribution in [2.45, 2.75) is 4.87 Å². The number of hydroxylamine groups is 1. The fraction of sp³-hybridized carbons (Fsp3) is 0.176. The van der Waals surface area contributed by atoms with Gasteiger partial charge in [0.05, 0.1) is 13.7 Å². The van der Waals surface area contributed by atoms with Gasteiger partial charge in [-0.2, -0.15) is 10.1 Å². The summed E-state index contributed by atoms with van der Waals surface area (Å²) in [5.41, 5.74) is 2.19. The normalized spacial score (nSPS) is 19.0. The molecule has 0 aliphatic carbocycles. The Labute approximate surface area is 173 Å². The number of phosphoric ester groups is 1. The first kappa shape index (κ1) is 22.3. The predicted molar refractivity (Wildman–Crippen MR) is 104 cm³/mol. The molecule has 1 aliphatic heterocycles. The first-order valence-electron chi connectivity index (χ1n) is 8.28. The number of hydrazone groups is 1. The third-order valence-electron chi connectivity index (χ3n) is 3.99. The first-order valence-corrected chi connectivity index (χ1v) is 10.6. The SMILES string of the molecule is CONC(=O)N1N=C(c2cc(F)ccc2F)SC1(COP(=O)(O)O)c1ccccc1. The molecule has 2 amide bonds. The average Bonchev–Trinajstić information content (AvgIpc) is 3.10. The van der Waals surface area contributed by atoms with Gasteiger partial charge in [0, 0.05) is 5.56 Å². The molecule has 9 nitrogen and oxygen atoms in total. The number of nitrogens with one attached hydrogen (secondary N) is 1. The van der Waals surface area contributed by atoms with Crippen LogP contribution in [0.1, 0.15) is 11.1 Å². The van der Waals surface area contributed by atoms with Crippen LogP contribution in [0.15, 0.2) is 53.6 Å². The number of hydrogen-bond donors (Lipinski definition) is 3. The molecule has 0 fully saturated rings. The van der Waals surface area contributed by atoms with E-state index < -0.39 is 37.0 Å². The molecule has 0 spiro atoms. The lowest BCUT2D eigenvalue weighted by molar-refractivity contribution is 0.0600. The van der Waals surface area contributed by atoms with E-state index in [9.17, 15) is 27.9 Å². The number of thioether (sulfide) groups is 1. The smallest absolute Gasteiger partial charge is 0.303 e. The minimum Gasteiger partial charge on any atom is -0.303 e. The molecule has 0 radical (unpaired) electrons. The van der Waals surface area contributed by atoms with Gasteiger partial charge in [-0.15, -0.1) is 0 Å². The summed E-state index contributed by atoms with van der Waals surface area (Å²) in [4.78, 5) is 34.1. The van der Waals surface area contributed by atoms with E-state index >= 15 is 0 Å². The molecule has 3 N–H and O–H groups in total. The van der Waals surface area contributed by atoms with Crippen LogP contribution in [0.3, 0.4) is 0 Å². The molecule has 0 aromatic heterocycles. The molecule has 1 unspecified atom stereocenters. The predicted octanol–water partition coefficient (Wildman–Crippen LogP) is 2.91. The lowest BCUT2D eigenvalue weighted by atomic mass is 10.1. The Balaban J connectivity index is 2.14. The fourth-order valence-corrected chi connectivity index (χ4v) is 4.46. The van der Waals surface area contributed by atoms with Crippen molar-refractivity contribution in [1.82, 2.24) is 10.5 Å². The molecule has 160 valence electrons. The topological polar surface area (TPSA) is 121 Å². The van der Waals surface area contributed by atoms with Crippen molar-refractivity contribution in [2.75, 3.05) is 13.7 Å². The third kappa shape index (κ3) is 4.69. The van der Waals surface area contributed by atoms with Crippen molar-refractivity contribution in [3.8, 4) is 0 Å². The minimum atomic E-state index is -4.95. The minimum absolute atomic E-state index is 0.101. The van der Waals surface area contributed by atoms with Crippen molar-refractivity contribution in [1.29, 1.82) is 0 Å². The molecule has 0 saturated heterocycles. The van der Waals surface area contributed by atoms with Crippen LogP contribution in [0.2, 0.25) is 0 Å². The van der Waals surface area contributed by atoms with Gasteiger partial charge in [0.2, 0.25) is 0 Å². The number of phosphoric acid groups is 1. The van der Waals surface area contributed by atoms with E-state index in [-0.39, 0.29) is 10.6 Å². The summed E-state index contributed by atoms with van der Waals surface area (Å²) in [6, 6.07) is 9.90. The molecule has 0 saturated carbocycles. The molecule has 2 aromatic rings. The van der Waals surface area contributed by atoms with Gasteiger partial charge in [0.25, 0.3) is 0 Å². The highest BCUT2D eigenvalue weighted by Gasteiger charge is 2.51. The molecular weight excluding hydrogens is 443 g/mol. The largest absolute Gasteiger partial charge is 0.469 e. The quantitative estimate of drug-likeness (QED) is 0.449. The maximum absolute atomic E-state index is 14.4. The molecule has 1 heterocycles. The summed E-state index contributed by atoms with van der Waals surface area (Å²) in [5.74, 6) is -1.53. The van der Waals surface area contributed by atoms with E-state index in [4.69, 9.17) is 4.52 Å². The molecule has 1 atom stereocenters. The number of urea groups is 1. The van der Waals surface area contributed by atoms with E-state index in [1.165, 1.54) is 7.11 Å². The lowest BCUT2D eigenvalue weighted by Crippen LogP contribution is -2.48. The van der Waals surface area contributed by atoms with Gasteiger partial charge < -0.3 is 9.79 Å². The van der Waals surface area contributed by atoms with Crippen LogP contribution in [0.25, 0.3) is 0 Å². The lowest BCUT2D eigenvalue weighted by Gasteiger charge is -2.34. The van der Waals surface area contributed by atoms with Crippen molar-refractivity contribution in [2.24, 2.45) is 5.10 Å². The summed E-state index contributed by atoms with van der Waals surface area (Å²) in [7, 11) is -3.78. The van der Waals surface area contributed by atoms with Crippen molar-refractivity contribution in [3.63, 3.8) is 0 Å². The van der Waals surface area contributed by atoms with E-state index in [0.29, 0.717) is 5.56 Å². The zero-order valence-electron chi connectivity index (χ0n) is 15.4. The zero-order chi connectivity index (χ0) is 21.9. The highest BCUT2D eigenvalue weighted by atomic mass is 32.2. The van der Waals surface area contributed by atoms with Crippen LogP contribution in [0, 0.1) is 11.6 Å². The third-order valence-corrected chi connectivity index (χ3v) is 5.82. The van der Waals surface area contributed by atoms with Gasteiger partial charge in [-0.3, -0.25) is 9.36 Å². The maximum Gasteiger partial charge on any atom is 0.469 e. The van der Waals surface area contributed by atoms with Gasteiger partial charge >= 0.3 is 13.9 Å². The average molecular weight is 459 g/mol. The van der Waals surface area contributed by atoms with Crippen LogP contribution < -0.4 is 5.48 Å². The van der Waals surface area contributed by atoms with E-state index in [1.807, 2.05) is 0 Å². The number of nitrogens with zero attached hydrogens (tertiary/aromatic N) is 2. The van der Waals surface area contributed by atoms with Crippen LogP contribution in [0.5, 0.6) is 0 Å². The number of amides is 2. The standard InChI is InChI=1S/C17H16F2N3O6PS/c1-27-21-16(23)22-17(10-28-29(24,25)26,11-5-3-2-4-6-11)30-15(20-22)13-9-12(18)7-8-14(13)19/h2-9H,10H2,1H3,(H,21,23)(H2,24,25,26). The summed E-state index contributed by atoms with van der Waals surface area (Å²) in [6.07, 6.45) is 0. The van der Waals surface area contributed by atoms with Gasteiger partial charge in [0.15, 0.2) is 4.87 Å². The number of carbonyl (C=O) groups is 1. The molecule has 30 heavy (non-hydrogen) atoms. The summed E-state index contributed by atoms with van der Waals surface area (Å²) in [5, 5.41) is 4.80. The van der Waals surface area contributed by atoms with Gasteiger partial charge in [0.1, 0.15) is 16.7 Å². The van der Waals surface area contributed by atoms with E-state index in [0.717, 1.165) is 35.0 Å². The van der Waals surface area contributed by atoms with Crippen LogP contribution >= 0.6 is 19.6 Å². The molecule has 1 aliphatic rings. The van der Waals surface area contributed by atoms with E-state index in [1.54, 1.807) is 30.3 Å². The van der Waals surface area contributed by atoms with E-state index in [2.05, 4.69) is 15.4 Å². The number of rotatable bonds is 6. The molecular formula is C17H16F2N3O6PS. The van der Waals surface area contributed by atoms with Crippen LogP contribution in [-0.2, 0) is 18.8 Å². The Bertz CT molecular complexity index is 1020. The molecule has 3 rings (SSSR count). The first-order chi connectivity index (χ1) is 14.2. The van der Waals surface area contributed by atoms with Crippen molar-refractivity contribution in [3.05, 3.63) is 71.3 Å². The Kier molecular flexibility index (Phi) is 6.56. The Hall–Kier alpha value is -2.34. The monoisotopic (exact) mass is 459 g/mol. The van der Waals surface area contributed by atoms with Crippen molar-refractivity contribution >= 4 is 30.7 Å². The number of benzene rings is 2. The van der Waals surface area contributed by atoms with Gasteiger partial charge in [-0.25, -0.2) is 23.6 Å². The number of carbonyl (C=O) groups excluding carboxylic acids is 1. The Morgan fingerprint density at radius 3 is 2.60 bits per heavy atom. The Morgan fingerprint density at radius 2 is 1.97 bits per heavy atom. The number of hydrogen-bond acceptors (Lipinski definition) is 6. The molecule has 13 heteroatoms. The van der Waals surface area contributed by atoms with Gasteiger partial charge in [-0.05, 0) is 23.8 Å². The highest BCUT2D eigenvalue weighted by Crippen LogP contribution is 2.50. The second-order valence-corrected chi connectivity index (χ2v) is 8.47. The molecule has 2 aromatic carbocycles. The van der Waals surface area contributed by atoms with Crippen LogP contribution in [0.4, 0.5) is 13.6 Å². The second-order valence-electron chi connectivity index (χ2n) is 5.97. The summed E-state index contributed by atoms with van der Waals surface area (Å²) in [6.45, 7) is -0.715. The fourth-order valence-electron chi connectivity index (χ4n) is 2.73. The Morgan fingerprint density at radius 1 is 1.27 bits per heavy atom. The van der Waals surface area contributed by atoms with Gasteiger partial charge in [-0.1, -0.05) is 42.1 Å². The van der Waals surface area contributed by atoms with Crippen molar-refractivity contribution < 1.29 is 37.3 Å². The maximum atomic E-state index is 14.4. The van der Waals surface area contributed by atoms with Crippen LogP contribution in [-0.4, -0.2) is 39.6 Å². The zero-order valence-corrected chi connectivity index (χ0v) is 17.1. The summed E-state index contributed by atoms with van der Waals surface area (Å²) < 4.78 is 44.2.